The van der Waals surface area contributed by atoms with Crippen LogP contribution in [-0.4, -0.2) is 72.9 Å². The maximum absolute atomic E-state index is 5.33. The first-order valence-corrected chi connectivity index (χ1v) is 13.1. The highest BCUT2D eigenvalue weighted by molar-refractivity contribution is 4.66. The molecule has 0 amide bonds. The van der Waals surface area contributed by atoms with Crippen LogP contribution in [0.2, 0.25) is 0 Å². The Labute approximate surface area is 218 Å². The molecule has 216 valence electrons. The minimum atomic E-state index is -0.215. The molecule has 0 atom stereocenters. The van der Waals surface area contributed by atoms with Crippen molar-refractivity contribution in [2.45, 2.75) is 139 Å². The van der Waals surface area contributed by atoms with Crippen molar-refractivity contribution in [3.05, 3.63) is 0 Å². The van der Waals surface area contributed by atoms with E-state index in [1.54, 1.807) is 0 Å². The lowest BCUT2D eigenvalue weighted by Gasteiger charge is -2.29. The molecular formula is C27H62N2O6. The highest BCUT2D eigenvalue weighted by atomic mass is 17.2. The van der Waals surface area contributed by atoms with Gasteiger partial charge in [-0.05, 0) is 109 Å². The summed E-state index contributed by atoms with van der Waals surface area (Å²) in [6.07, 6.45) is 2.85. The van der Waals surface area contributed by atoms with Crippen LogP contribution in [0.3, 0.4) is 0 Å². The van der Waals surface area contributed by atoms with Gasteiger partial charge in [-0.15, -0.1) is 0 Å². The summed E-state index contributed by atoms with van der Waals surface area (Å²) in [4.78, 5) is 35.0. The van der Waals surface area contributed by atoms with Crippen molar-refractivity contribution in [1.29, 1.82) is 0 Å². The lowest BCUT2D eigenvalue weighted by Crippen LogP contribution is -2.31. The van der Waals surface area contributed by atoms with Gasteiger partial charge in [0.2, 0.25) is 0 Å². The third kappa shape index (κ3) is 29.8. The average Bonchev–Trinajstić information content (AvgIpc) is 2.75. The Morgan fingerprint density at radius 1 is 0.486 bits per heavy atom. The molecule has 0 radical (unpaired) electrons. The topological polar surface area (TPSA) is 61.9 Å². The highest BCUT2D eigenvalue weighted by Crippen LogP contribution is 2.21. The summed E-state index contributed by atoms with van der Waals surface area (Å²) in [5, 5.41) is 0. The van der Waals surface area contributed by atoms with Crippen molar-refractivity contribution in [3.8, 4) is 0 Å². The fourth-order valence-corrected chi connectivity index (χ4v) is 1.38. The second-order valence-electron chi connectivity index (χ2n) is 11.7. The van der Waals surface area contributed by atoms with Gasteiger partial charge in [-0.1, -0.05) is 34.6 Å². The van der Waals surface area contributed by atoms with Gasteiger partial charge in [0.1, 0.15) is 13.5 Å². The van der Waals surface area contributed by atoms with Crippen molar-refractivity contribution in [2.75, 3.05) is 40.6 Å². The zero-order chi connectivity index (χ0) is 28.3. The first-order chi connectivity index (χ1) is 15.8. The van der Waals surface area contributed by atoms with Gasteiger partial charge in [0.05, 0.1) is 22.4 Å². The highest BCUT2D eigenvalue weighted by Gasteiger charge is 2.23. The lowest BCUT2D eigenvalue weighted by molar-refractivity contribution is -0.401. The molecule has 35 heavy (non-hydrogen) atoms. The van der Waals surface area contributed by atoms with Crippen LogP contribution >= 0.6 is 0 Å². The van der Waals surface area contributed by atoms with Crippen LogP contribution in [0, 0.1) is 0 Å². The Balaban J connectivity index is -0.000000439. The summed E-state index contributed by atoms with van der Waals surface area (Å²) < 4.78 is 0. The molecule has 0 rings (SSSR count). The standard InChI is InChI=1S/C10H22O2.C9H21NO2.C8H19NO2/c1-7-9(3,4)11-12-10(5,6)8-2;1-6-10(7-2)8-11-12-9(3,4)5;1-6-8(2,3)11-10-7-9(4)5/h7-8H2,1-6H3;6-8H2,1-5H3;6-7H2,1-5H3. The van der Waals surface area contributed by atoms with E-state index in [0.29, 0.717) is 13.5 Å². The monoisotopic (exact) mass is 510 g/mol. The van der Waals surface area contributed by atoms with E-state index in [0.717, 1.165) is 32.4 Å². The van der Waals surface area contributed by atoms with Crippen molar-refractivity contribution < 1.29 is 29.3 Å². The SMILES string of the molecule is CCC(C)(C)OOC(C)(C)CC.CCC(C)(C)OOCN(C)C.CCN(CC)COOC(C)(C)C. The summed E-state index contributed by atoms with van der Waals surface area (Å²) in [6.45, 7) is 31.5. The van der Waals surface area contributed by atoms with E-state index in [-0.39, 0.29) is 22.4 Å². The summed E-state index contributed by atoms with van der Waals surface area (Å²) in [6, 6.07) is 0. The molecule has 0 aromatic heterocycles. The minimum Gasteiger partial charge on any atom is -0.284 e. The molecule has 0 spiro atoms. The molecule has 8 nitrogen and oxygen atoms in total. The number of rotatable bonds is 15. The number of hydrogen-bond acceptors (Lipinski definition) is 8. The molecule has 8 heteroatoms. The molecule has 0 fully saturated rings. The van der Waals surface area contributed by atoms with Crippen LogP contribution in [0.15, 0.2) is 0 Å². The second kappa shape index (κ2) is 19.7. The van der Waals surface area contributed by atoms with Gasteiger partial charge in [0, 0.05) is 0 Å². The predicted octanol–water partition coefficient (Wildman–Crippen LogP) is 6.99. The van der Waals surface area contributed by atoms with Gasteiger partial charge < -0.3 is 0 Å². The number of hydrogen-bond donors (Lipinski definition) is 0. The summed E-state index contributed by atoms with van der Waals surface area (Å²) in [5.74, 6) is 0. The summed E-state index contributed by atoms with van der Waals surface area (Å²) in [7, 11) is 3.87. The maximum atomic E-state index is 5.33. The van der Waals surface area contributed by atoms with Gasteiger partial charge in [0.15, 0.2) is 0 Å². The second-order valence-corrected chi connectivity index (χ2v) is 11.7. The van der Waals surface area contributed by atoms with Gasteiger partial charge in [-0.25, -0.2) is 29.3 Å². The van der Waals surface area contributed by atoms with Crippen molar-refractivity contribution >= 4 is 0 Å². The molecule has 0 aliphatic rings. The van der Waals surface area contributed by atoms with E-state index in [1.807, 2.05) is 81.3 Å². The Bertz CT molecular complexity index is 457. The molecule has 0 aliphatic carbocycles. The largest absolute Gasteiger partial charge is 0.284 e. The van der Waals surface area contributed by atoms with Crippen LogP contribution in [0.1, 0.15) is 116 Å². The maximum Gasteiger partial charge on any atom is 0.135 e. The molecule has 0 saturated carbocycles. The fourth-order valence-electron chi connectivity index (χ4n) is 1.38. The molecule has 0 aromatic rings. The van der Waals surface area contributed by atoms with Crippen LogP contribution in [0.4, 0.5) is 0 Å². The van der Waals surface area contributed by atoms with Crippen LogP contribution in [0.5, 0.6) is 0 Å². The quantitative estimate of drug-likeness (QED) is 0.133. The zero-order valence-corrected chi connectivity index (χ0v) is 26.3. The molecule has 0 unspecified atom stereocenters. The Morgan fingerprint density at radius 3 is 1.11 bits per heavy atom. The number of nitrogens with zero attached hydrogens (tertiary/aromatic N) is 2. The zero-order valence-electron chi connectivity index (χ0n) is 26.3. The van der Waals surface area contributed by atoms with E-state index in [9.17, 15) is 0 Å². The van der Waals surface area contributed by atoms with E-state index in [1.165, 1.54) is 0 Å². The van der Waals surface area contributed by atoms with Crippen molar-refractivity contribution in [3.63, 3.8) is 0 Å². The first kappa shape index (κ1) is 39.2. The molecular weight excluding hydrogens is 448 g/mol. The average molecular weight is 511 g/mol. The van der Waals surface area contributed by atoms with Gasteiger partial charge >= 0.3 is 0 Å². The molecule has 0 aliphatic heterocycles. The van der Waals surface area contributed by atoms with Crippen molar-refractivity contribution in [1.82, 2.24) is 9.80 Å². The fraction of sp³-hybridized carbons (Fsp3) is 1.00. The van der Waals surface area contributed by atoms with E-state index in [4.69, 9.17) is 29.3 Å². The van der Waals surface area contributed by atoms with Gasteiger partial charge in [-0.3, -0.25) is 9.80 Å². The van der Waals surface area contributed by atoms with E-state index < -0.39 is 0 Å². The normalized spacial score (nSPS) is 12.9. The molecule has 0 bridgehead atoms. The molecule has 0 aromatic carbocycles. The Hall–Kier alpha value is -0.320. The molecule has 0 saturated heterocycles. The molecule has 0 N–H and O–H groups in total. The van der Waals surface area contributed by atoms with Gasteiger partial charge in [0.25, 0.3) is 0 Å². The van der Waals surface area contributed by atoms with E-state index in [2.05, 4.69) is 39.5 Å². The third-order valence-corrected chi connectivity index (χ3v) is 5.08. The summed E-state index contributed by atoms with van der Waals surface area (Å²) in [5.41, 5.74) is -0.734. The smallest absolute Gasteiger partial charge is 0.135 e. The molecule has 0 heterocycles. The van der Waals surface area contributed by atoms with Crippen molar-refractivity contribution in [2.24, 2.45) is 0 Å². The van der Waals surface area contributed by atoms with Crippen LogP contribution in [-0.2, 0) is 29.3 Å². The van der Waals surface area contributed by atoms with Gasteiger partial charge in [-0.2, -0.15) is 0 Å². The first-order valence-electron chi connectivity index (χ1n) is 13.1. The lowest BCUT2D eigenvalue weighted by atomic mass is 10.1. The summed E-state index contributed by atoms with van der Waals surface area (Å²) >= 11 is 0. The Morgan fingerprint density at radius 2 is 0.829 bits per heavy atom. The van der Waals surface area contributed by atoms with E-state index >= 15 is 0 Å². The van der Waals surface area contributed by atoms with Crippen LogP contribution < -0.4 is 0 Å². The minimum absolute atomic E-state index is 0.171. The Kier molecular flexibility index (Phi) is 22.1. The van der Waals surface area contributed by atoms with Crippen LogP contribution in [0.25, 0.3) is 0 Å². The predicted molar refractivity (Wildman–Crippen MR) is 146 cm³/mol. The third-order valence-electron chi connectivity index (χ3n) is 5.08.